The molecule has 0 aliphatic heterocycles. The second-order valence-corrected chi connectivity index (χ2v) is 4.21. The van der Waals surface area contributed by atoms with E-state index in [4.69, 9.17) is 16.7 Å². The summed E-state index contributed by atoms with van der Waals surface area (Å²) in [4.78, 5) is 0. The minimum absolute atomic E-state index is 0.181. The lowest BCUT2D eigenvalue weighted by molar-refractivity contribution is 0.300. The maximum absolute atomic E-state index is 8.98. The Bertz CT molecular complexity index is 502. The third-order valence-corrected chi connectivity index (χ3v) is 3.20. The van der Waals surface area contributed by atoms with Crippen molar-refractivity contribution in [2.45, 2.75) is 13.3 Å². The molecule has 2 nitrogen and oxygen atoms in total. The highest BCUT2D eigenvalue weighted by Gasteiger charge is 2.09. The summed E-state index contributed by atoms with van der Waals surface area (Å²) in [5, 5.41) is 11.0. The van der Waals surface area contributed by atoms with E-state index in [2.05, 4.69) is 10.8 Å². The summed E-state index contributed by atoms with van der Waals surface area (Å²) in [7, 11) is 2.01. The van der Waals surface area contributed by atoms with E-state index < -0.39 is 0 Å². The van der Waals surface area contributed by atoms with Crippen molar-refractivity contribution in [1.29, 1.82) is 0 Å². The van der Waals surface area contributed by atoms with Crippen LogP contribution in [0.5, 0.6) is 0 Å². The molecule has 80 valence electrons. The van der Waals surface area contributed by atoms with Crippen molar-refractivity contribution in [2.75, 3.05) is 6.61 Å². The second-order valence-electron chi connectivity index (χ2n) is 3.81. The predicted octanol–water partition coefficient (Wildman–Crippen LogP) is 2.67. The zero-order chi connectivity index (χ0) is 11.0. The Morgan fingerprint density at radius 3 is 2.80 bits per heavy atom. The van der Waals surface area contributed by atoms with Crippen LogP contribution in [0.1, 0.15) is 11.1 Å². The quantitative estimate of drug-likeness (QED) is 0.832. The van der Waals surface area contributed by atoms with Crippen LogP contribution in [0, 0.1) is 6.92 Å². The van der Waals surface area contributed by atoms with E-state index in [9.17, 15) is 0 Å². The number of hydrogen-bond acceptors (Lipinski definition) is 1. The van der Waals surface area contributed by atoms with E-state index in [1.165, 1.54) is 10.9 Å². The van der Waals surface area contributed by atoms with Gasteiger partial charge in [-0.2, -0.15) is 0 Å². The van der Waals surface area contributed by atoms with Gasteiger partial charge < -0.3 is 9.67 Å². The van der Waals surface area contributed by atoms with Crippen molar-refractivity contribution in [3.05, 3.63) is 34.5 Å². The molecule has 15 heavy (non-hydrogen) atoms. The molecule has 0 fully saturated rings. The van der Waals surface area contributed by atoms with Crippen LogP contribution in [0.25, 0.3) is 10.9 Å². The number of fused-ring (bicyclic) bond motifs is 1. The summed E-state index contributed by atoms with van der Waals surface area (Å²) in [6.07, 6.45) is 2.75. The highest BCUT2D eigenvalue weighted by molar-refractivity contribution is 6.32. The highest BCUT2D eigenvalue weighted by atomic mass is 35.5. The molecule has 1 aromatic heterocycles. The zero-order valence-electron chi connectivity index (χ0n) is 8.92. The topological polar surface area (TPSA) is 25.2 Å². The van der Waals surface area contributed by atoms with Crippen LogP contribution in [0.4, 0.5) is 0 Å². The average Bonchev–Trinajstić information content (AvgIpc) is 2.51. The van der Waals surface area contributed by atoms with E-state index in [0.717, 1.165) is 16.1 Å². The maximum atomic E-state index is 8.98. The Hall–Kier alpha value is -0.990. The highest BCUT2D eigenvalue weighted by Crippen LogP contribution is 2.28. The fourth-order valence-electron chi connectivity index (χ4n) is 2.08. The molecule has 3 heteroatoms. The van der Waals surface area contributed by atoms with E-state index in [1.807, 2.05) is 26.1 Å². The van der Waals surface area contributed by atoms with Crippen molar-refractivity contribution < 1.29 is 5.11 Å². The minimum Gasteiger partial charge on any atom is -0.396 e. The fraction of sp³-hybridized carbons (Fsp3) is 0.333. The number of halogens is 1. The van der Waals surface area contributed by atoms with Crippen molar-refractivity contribution in [2.24, 2.45) is 7.05 Å². The lowest BCUT2D eigenvalue weighted by atomic mass is 10.1. The molecular weight excluding hydrogens is 210 g/mol. The van der Waals surface area contributed by atoms with Gasteiger partial charge in [0.2, 0.25) is 0 Å². The smallest absolute Gasteiger partial charge is 0.0525 e. The monoisotopic (exact) mass is 223 g/mol. The van der Waals surface area contributed by atoms with Crippen LogP contribution < -0.4 is 0 Å². The first-order chi connectivity index (χ1) is 7.15. The third kappa shape index (κ3) is 1.64. The van der Waals surface area contributed by atoms with Crippen LogP contribution >= 0.6 is 11.6 Å². The van der Waals surface area contributed by atoms with E-state index >= 15 is 0 Å². The summed E-state index contributed by atoms with van der Waals surface area (Å²) in [6.45, 7) is 2.20. The first kappa shape index (κ1) is 10.5. The van der Waals surface area contributed by atoms with E-state index in [0.29, 0.717) is 6.42 Å². The second kappa shape index (κ2) is 3.87. The molecule has 0 amide bonds. The number of benzene rings is 1. The maximum Gasteiger partial charge on any atom is 0.0525 e. The van der Waals surface area contributed by atoms with Crippen molar-refractivity contribution in [3.8, 4) is 0 Å². The minimum atomic E-state index is 0.181. The molecule has 0 radical (unpaired) electrons. The van der Waals surface area contributed by atoms with E-state index in [-0.39, 0.29) is 6.61 Å². The molecule has 0 spiro atoms. The van der Waals surface area contributed by atoms with Gasteiger partial charge in [0.15, 0.2) is 0 Å². The average molecular weight is 224 g/mol. The summed E-state index contributed by atoms with van der Waals surface area (Å²) in [5.41, 5.74) is 3.43. The first-order valence-electron chi connectivity index (χ1n) is 4.99. The molecular formula is C12H14ClNO. The van der Waals surface area contributed by atoms with Gasteiger partial charge in [0.25, 0.3) is 0 Å². The molecule has 2 rings (SSSR count). The van der Waals surface area contributed by atoms with Gasteiger partial charge in [-0.15, -0.1) is 0 Å². The van der Waals surface area contributed by atoms with Crippen molar-refractivity contribution in [3.63, 3.8) is 0 Å². The van der Waals surface area contributed by atoms with Gasteiger partial charge >= 0.3 is 0 Å². The van der Waals surface area contributed by atoms with Gasteiger partial charge in [0.1, 0.15) is 0 Å². The molecule has 1 aromatic carbocycles. The standard InChI is InChI=1S/C12H14ClNO/c1-8-11(13)4-3-10-9(5-6-15)7-14(2)12(8)10/h3-4,7,15H,5-6H2,1-2H3. The summed E-state index contributed by atoms with van der Waals surface area (Å²) in [6, 6.07) is 3.94. The Morgan fingerprint density at radius 1 is 1.40 bits per heavy atom. The predicted molar refractivity (Wildman–Crippen MR) is 63.5 cm³/mol. The van der Waals surface area contributed by atoms with Gasteiger partial charge in [-0.3, -0.25) is 0 Å². The van der Waals surface area contributed by atoms with Crippen molar-refractivity contribution in [1.82, 2.24) is 4.57 Å². The largest absolute Gasteiger partial charge is 0.396 e. The molecule has 0 atom stereocenters. The summed E-state index contributed by atoms with van der Waals surface area (Å²) >= 11 is 6.08. The van der Waals surface area contributed by atoms with Crippen molar-refractivity contribution >= 4 is 22.5 Å². The molecule has 2 aromatic rings. The number of aromatic nitrogens is 1. The number of aliphatic hydroxyl groups is 1. The number of nitrogens with zero attached hydrogens (tertiary/aromatic N) is 1. The lowest BCUT2D eigenvalue weighted by Gasteiger charge is -2.03. The Morgan fingerprint density at radius 2 is 2.13 bits per heavy atom. The molecule has 1 N–H and O–H groups in total. The Balaban J connectivity index is 2.74. The normalized spacial score (nSPS) is 11.2. The zero-order valence-corrected chi connectivity index (χ0v) is 9.67. The summed E-state index contributed by atoms with van der Waals surface area (Å²) in [5.74, 6) is 0. The van der Waals surface area contributed by atoms with Gasteiger partial charge in [-0.05, 0) is 30.5 Å². The molecule has 0 unspecified atom stereocenters. The van der Waals surface area contributed by atoms with Crippen LogP contribution in [-0.4, -0.2) is 16.3 Å². The van der Waals surface area contributed by atoms with Crippen LogP contribution in [0.15, 0.2) is 18.3 Å². The van der Waals surface area contributed by atoms with Crippen LogP contribution in [-0.2, 0) is 13.5 Å². The van der Waals surface area contributed by atoms with Crippen LogP contribution in [0.2, 0.25) is 5.02 Å². The third-order valence-electron chi connectivity index (χ3n) is 2.79. The van der Waals surface area contributed by atoms with Gasteiger partial charge in [0.05, 0.1) is 5.52 Å². The Labute approximate surface area is 94.1 Å². The molecule has 0 saturated carbocycles. The fourth-order valence-corrected chi connectivity index (χ4v) is 2.23. The number of aliphatic hydroxyl groups excluding tert-OH is 1. The van der Waals surface area contributed by atoms with Crippen LogP contribution in [0.3, 0.4) is 0 Å². The number of hydrogen-bond donors (Lipinski definition) is 1. The molecule has 0 aliphatic carbocycles. The van der Waals surface area contributed by atoms with Gasteiger partial charge in [-0.25, -0.2) is 0 Å². The number of rotatable bonds is 2. The lowest BCUT2D eigenvalue weighted by Crippen LogP contribution is -1.88. The Kier molecular flexibility index (Phi) is 2.72. The molecule has 0 bridgehead atoms. The van der Waals surface area contributed by atoms with E-state index in [1.54, 1.807) is 0 Å². The molecule has 0 saturated heterocycles. The number of aryl methyl sites for hydroxylation is 2. The SMILES string of the molecule is Cc1c(Cl)ccc2c(CCO)cn(C)c12. The first-order valence-corrected chi connectivity index (χ1v) is 5.37. The molecule has 1 heterocycles. The van der Waals surface area contributed by atoms with Gasteiger partial charge in [-0.1, -0.05) is 17.7 Å². The molecule has 0 aliphatic rings. The summed E-state index contributed by atoms with van der Waals surface area (Å²) < 4.78 is 2.07. The van der Waals surface area contributed by atoms with Gasteiger partial charge in [0, 0.05) is 30.3 Å².